The van der Waals surface area contributed by atoms with Crippen LogP contribution in [0.1, 0.15) is 33.6 Å². The van der Waals surface area contributed by atoms with Gasteiger partial charge in [-0.05, 0) is 45.7 Å². The van der Waals surface area contributed by atoms with Crippen LogP contribution in [0.25, 0.3) is 10.2 Å². The highest BCUT2D eigenvalue weighted by atomic mass is 32.1. The fourth-order valence-corrected chi connectivity index (χ4v) is 5.14. The molecule has 2 atom stereocenters. The zero-order valence-electron chi connectivity index (χ0n) is 17.1. The van der Waals surface area contributed by atoms with Crippen molar-refractivity contribution < 1.29 is 23.8 Å². The van der Waals surface area contributed by atoms with Gasteiger partial charge in [0.1, 0.15) is 11.1 Å². The Morgan fingerprint density at radius 3 is 2.97 bits per heavy atom. The summed E-state index contributed by atoms with van der Waals surface area (Å²) in [5, 5.41) is 3.66. The van der Waals surface area contributed by atoms with Crippen LogP contribution < -0.4 is 19.7 Å². The Balaban J connectivity index is 1.46. The molecule has 2 aromatic rings. The summed E-state index contributed by atoms with van der Waals surface area (Å²) in [5.74, 6) is 1.27. The summed E-state index contributed by atoms with van der Waals surface area (Å²) in [6, 6.07) is 3.34. The number of fused-ring (bicyclic) bond motifs is 4. The lowest BCUT2D eigenvalue weighted by Crippen LogP contribution is -2.47. The van der Waals surface area contributed by atoms with E-state index in [9.17, 15) is 9.59 Å². The highest BCUT2D eigenvalue weighted by Gasteiger charge is 2.45. The zero-order valence-corrected chi connectivity index (χ0v) is 18.0. The number of nitrogens with one attached hydrogen (secondary N) is 1. The molecule has 0 bridgehead atoms. The summed E-state index contributed by atoms with van der Waals surface area (Å²) < 4.78 is 17.5. The topological polar surface area (TPSA) is 93.2 Å². The normalized spacial score (nSPS) is 23.4. The summed E-state index contributed by atoms with van der Waals surface area (Å²) in [6.07, 6.45) is 1.24. The van der Waals surface area contributed by atoms with E-state index in [2.05, 4.69) is 5.32 Å². The number of nitrogens with zero attached hydrogens (tertiary/aromatic N) is 3. The first-order chi connectivity index (χ1) is 14.3. The molecular formula is C20H24N4O5S. The molecule has 30 heavy (non-hydrogen) atoms. The van der Waals surface area contributed by atoms with E-state index in [0.29, 0.717) is 35.2 Å². The van der Waals surface area contributed by atoms with Gasteiger partial charge >= 0.3 is 12.1 Å². The van der Waals surface area contributed by atoms with Crippen molar-refractivity contribution in [3.8, 4) is 11.5 Å². The Kier molecular flexibility index (Phi) is 4.42. The third kappa shape index (κ3) is 3.28. The number of hydrogen-bond acceptors (Lipinski definition) is 7. The number of urea groups is 1. The number of amides is 3. The molecule has 9 nitrogen and oxygen atoms in total. The van der Waals surface area contributed by atoms with Gasteiger partial charge in [-0.3, -0.25) is 4.90 Å². The molecule has 2 saturated heterocycles. The summed E-state index contributed by atoms with van der Waals surface area (Å²) in [4.78, 5) is 33.6. The minimum Gasteiger partial charge on any atom is -0.454 e. The number of thiazole rings is 1. The molecule has 2 fully saturated rings. The molecule has 0 radical (unpaired) electrons. The molecule has 1 N–H and O–H groups in total. The van der Waals surface area contributed by atoms with Crippen LogP contribution in [-0.4, -0.2) is 59.6 Å². The minimum atomic E-state index is -0.568. The summed E-state index contributed by atoms with van der Waals surface area (Å²) in [5.41, 5.74) is 0.126. The van der Waals surface area contributed by atoms with E-state index in [1.54, 1.807) is 9.80 Å². The van der Waals surface area contributed by atoms with Crippen molar-refractivity contribution in [3.05, 3.63) is 12.1 Å². The maximum atomic E-state index is 12.9. The van der Waals surface area contributed by atoms with E-state index < -0.39 is 5.60 Å². The van der Waals surface area contributed by atoms with Crippen molar-refractivity contribution >= 4 is 38.8 Å². The van der Waals surface area contributed by atoms with Crippen LogP contribution in [0.4, 0.5) is 14.7 Å². The average molecular weight is 433 g/mol. The SMILES string of the molecule is CC(C)(C)OC(=O)N1CCC[C@@H]2NC(=O)N(c3nc4c5c(ccc4s3)OCO5)[C@@H]2C1. The summed E-state index contributed by atoms with van der Waals surface area (Å²) in [7, 11) is 0. The maximum absolute atomic E-state index is 12.9. The Hall–Kier alpha value is -2.75. The number of ether oxygens (including phenoxy) is 3. The molecule has 3 aliphatic rings. The van der Waals surface area contributed by atoms with Crippen molar-refractivity contribution in [3.63, 3.8) is 0 Å². The van der Waals surface area contributed by atoms with Crippen molar-refractivity contribution in [1.82, 2.24) is 15.2 Å². The van der Waals surface area contributed by atoms with Gasteiger partial charge in [-0.1, -0.05) is 11.3 Å². The highest BCUT2D eigenvalue weighted by molar-refractivity contribution is 7.22. The van der Waals surface area contributed by atoms with Gasteiger partial charge in [0.2, 0.25) is 6.79 Å². The molecule has 4 heterocycles. The average Bonchev–Trinajstić information content (AvgIpc) is 3.32. The molecule has 1 aromatic heterocycles. The second-order valence-electron chi connectivity index (χ2n) is 8.70. The van der Waals surface area contributed by atoms with Gasteiger partial charge in [0.15, 0.2) is 16.6 Å². The fourth-order valence-electron chi connectivity index (χ4n) is 4.12. The molecule has 0 saturated carbocycles. The predicted octanol–water partition coefficient (Wildman–Crippen LogP) is 3.32. The molecule has 5 rings (SSSR count). The number of aromatic nitrogens is 1. The second kappa shape index (κ2) is 6.90. The molecule has 160 valence electrons. The maximum Gasteiger partial charge on any atom is 0.410 e. The third-order valence-electron chi connectivity index (χ3n) is 5.42. The van der Waals surface area contributed by atoms with Gasteiger partial charge in [0.05, 0.1) is 16.8 Å². The standard InChI is InChI=1S/C20H24N4O5S/c1-20(2,3)29-19(26)23-8-4-5-11-12(9-23)24(17(25)21-11)18-22-15-14(30-18)7-6-13-16(15)28-10-27-13/h6-7,11-12H,4-5,8-10H2,1-3H3,(H,21,25)/t11-,12+/m0/s1. The zero-order chi connectivity index (χ0) is 21.0. The van der Waals surface area contributed by atoms with Gasteiger partial charge < -0.3 is 24.4 Å². The highest BCUT2D eigenvalue weighted by Crippen LogP contribution is 2.43. The van der Waals surface area contributed by atoms with E-state index in [1.807, 2.05) is 32.9 Å². The molecule has 1 aromatic carbocycles. The molecular weight excluding hydrogens is 408 g/mol. The number of carbonyl (C=O) groups is 2. The number of rotatable bonds is 1. The van der Waals surface area contributed by atoms with Gasteiger partial charge in [-0.15, -0.1) is 0 Å². The van der Waals surface area contributed by atoms with Crippen LogP contribution in [0.2, 0.25) is 0 Å². The lowest BCUT2D eigenvalue weighted by atomic mass is 10.1. The number of benzene rings is 1. The predicted molar refractivity (Wildman–Crippen MR) is 111 cm³/mol. The van der Waals surface area contributed by atoms with Crippen LogP contribution in [0.5, 0.6) is 11.5 Å². The lowest BCUT2D eigenvalue weighted by Gasteiger charge is -2.30. The Morgan fingerprint density at radius 2 is 2.17 bits per heavy atom. The molecule has 0 unspecified atom stereocenters. The van der Waals surface area contributed by atoms with Crippen LogP contribution in [0.15, 0.2) is 12.1 Å². The van der Waals surface area contributed by atoms with E-state index >= 15 is 0 Å². The Labute approximate surface area is 177 Å². The number of carbonyl (C=O) groups excluding carboxylic acids is 2. The van der Waals surface area contributed by atoms with Crippen molar-refractivity contribution in [2.24, 2.45) is 0 Å². The van der Waals surface area contributed by atoms with E-state index in [1.165, 1.54) is 11.3 Å². The molecule has 3 aliphatic heterocycles. The van der Waals surface area contributed by atoms with Gasteiger partial charge in [0.25, 0.3) is 0 Å². The second-order valence-corrected chi connectivity index (χ2v) is 9.71. The van der Waals surface area contributed by atoms with Crippen LogP contribution in [0, 0.1) is 0 Å². The van der Waals surface area contributed by atoms with Crippen molar-refractivity contribution in [2.75, 3.05) is 24.8 Å². The van der Waals surface area contributed by atoms with Crippen LogP contribution in [-0.2, 0) is 4.74 Å². The van der Waals surface area contributed by atoms with Crippen molar-refractivity contribution in [2.45, 2.75) is 51.3 Å². The van der Waals surface area contributed by atoms with Crippen LogP contribution >= 0.6 is 11.3 Å². The largest absolute Gasteiger partial charge is 0.454 e. The molecule has 0 spiro atoms. The Bertz CT molecular complexity index is 1020. The molecule has 10 heteroatoms. The number of hydrogen-bond donors (Lipinski definition) is 1. The first-order valence-electron chi connectivity index (χ1n) is 10.1. The minimum absolute atomic E-state index is 0.0396. The summed E-state index contributed by atoms with van der Waals surface area (Å²) in [6.45, 7) is 6.72. The first-order valence-corrected chi connectivity index (χ1v) is 10.9. The van der Waals surface area contributed by atoms with Gasteiger partial charge in [0, 0.05) is 13.1 Å². The van der Waals surface area contributed by atoms with E-state index in [4.69, 9.17) is 19.2 Å². The quantitative estimate of drug-likeness (QED) is 0.743. The van der Waals surface area contributed by atoms with Gasteiger partial charge in [-0.2, -0.15) is 0 Å². The Morgan fingerprint density at radius 1 is 1.33 bits per heavy atom. The van der Waals surface area contributed by atoms with Crippen LogP contribution in [0.3, 0.4) is 0 Å². The molecule has 0 aliphatic carbocycles. The third-order valence-corrected chi connectivity index (χ3v) is 6.44. The smallest absolute Gasteiger partial charge is 0.410 e. The van der Waals surface area contributed by atoms with E-state index in [0.717, 1.165) is 17.5 Å². The van der Waals surface area contributed by atoms with Crippen molar-refractivity contribution in [1.29, 1.82) is 0 Å². The molecule has 3 amide bonds. The number of anilines is 1. The first kappa shape index (κ1) is 19.2. The number of likely N-dealkylation sites (tertiary alicyclic amines) is 1. The fraction of sp³-hybridized carbons (Fsp3) is 0.550. The van der Waals surface area contributed by atoms with Gasteiger partial charge in [-0.25, -0.2) is 14.6 Å². The van der Waals surface area contributed by atoms with E-state index in [-0.39, 0.29) is 31.0 Å². The summed E-state index contributed by atoms with van der Waals surface area (Å²) >= 11 is 1.43. The lowest BCUT2D eigenvalue weighted by molar-refractivity contribution is 0.0250. The monoisotopic (exact) mass is 432 g/mol.